The lowest BCUT2D eigenvalue weighted by Crippen LogP contribution is -2.40. The van der Waals surface area contributed by atoms with Crippen LogP contribution in [0.15, 0.2) is 29.3 Å². The maximum absolute atomic E-state index is 11.5. The maximum Gasteiger partial charge on any atom is 0.221 e. The minimum Gasteiger partial charge on any atom is -0.356 e. The molecular formula is C16H26ClIN4O. The first-order valence-electron chi connectivity index (χ1n) is 7.49. The van der Waals surface area contributed by atoms with Gasteiger partial charge in [-0.3, -0.25) is 9.79 Å². The van der Waals surface area contributed by atoms with E-state index in [1.165, 1.54) is 5.56 Å². The first-order chi connectivity index (χ1) is 10.5. The van der Waals surface area contributed by atoms with E-state index in [9.17, 15) is 4.79 Å². The smallest absolute Gasteiger partial charge is 0.221 e. The summed E-state index contributed by atoms with van der Waals surface area (Å²) in [7, 11) is 1.71. The van der Waals surface area contributed by atoms with Crippen LogP contribution < -0.4 is 16.0 Å². The predicted molar refractivity (Wildman–Crippen MR) is 108 cm³/mol. The Bertz CT molecular complexity index is 509. The van der Waals surface area contributed by atoms with Gasteiger partial charge in [-0.25, -0.2) is 0 Å². The second-order valence-electron chi connectivity index (χ2n) is 5.28. The molecule has 0 atom stereocenters. The van der Waals surface area contributed by atoms with E-state index in [-0.39, 0.29) is 35.9 Å². The van der Waals surface area contributed by atoms with E-state index in [4.69, 9.17) is 11.6 Å². The number of hydrogen-bond donors (Lipinski definition) is 3. The number of carbonyl (C=O) groups is 1. The molecule has 0 spiro atoms. The summed E-state index contributed by atoms with van der Waals surface area (Å²) in [6.45, 7) is 5.19. The van der Waals surface area contributed by atoms with Crippen molar-refractivity contribution in [2.24, 2.45) is 4.99 Å². The number of amides is 1. The van der Waals surface area contributed by atoms with Crippen LogP contribution in [-0.4, -0.2) is 38.0 Å². The molecule has 0 saturated heterocycles. The Kier molecular flexibility index (Phi) is 11.9. The van der Waals surface area contributed by atoms with E-state index in [1.54, 1.807) is 7.05 Å². The lowest BCUT2D eigenvalue weighted by Gasteiger charge is -2.12. The number of aliphatic imine (C=N–C) groups is 1. The van der Waals surface area contributed by atoms with Crippen LogP contribution in [0.2, 0.25) is 5.02 Å². The first kappa shape index (κ1) is 22.0. The zero-order valence-corrected chi connectivity index (χ0v) is 16.9. The Hall–Kier alpha value is -1.02. The molecule has 0 unspecified atom stereocenters. The molecule has 1 aromatic carbocycles. The SMILES string of the molecule is CN=C(NCCC(=O)NC(C)C)NCCc1cccc(Cl)c1.I. The molecule has 0 saturated carbocycles. The predicted octanol–water partition coefficient (Wildman–Crippen LogP) is 2.58. The molecule has 0 aliphatic rings. The van der Waals surface area contributed by atoms with Crippen molar-refractivity contribution in [1.82, 2.24) is 16.0 Å². The standard InChI is InChI=1S/C16H25ClN4O.HI/c1-12(2)21-15(22)8-10-20-16(18-3)19-9-7-13-5-4-6-14(17)11-13;/h4-6,11-12H,7-10H2,1-3H3,(H,21,22)(H2,18,19,20);1H. The summed E-state index contributed by atoms with van der Waals surface area (Å²) in [5.41, 5.74) is 1.17. The zero-order chi connectivity index (χ0) is 16.4. The highest BCUT2D eigenvalue weighted by molar-refractivity contribution is 14.0. The third-order valence-electron chi connectivity index (χ3n) is 2.91. The number of carbonyl (C=O) groups excluding carboxylic acids is 1. The van der Waals surface area contributed by atoms with E-state index in [2.05, 4.69) is 20.9 Å². The molecule has 0 heterocycles. The third-order valence-corrected chi connectivity index (χ3v) is 3.15. The van der Waals surface area contributed by atoms with E-state index in [1.807, 2.05) is 38.1 Å². The van der Waals surface area contributed by atoms with Crippen LogP contribution in [0.5, 0.6) is 0 Å². The zero-order valence-electron chi connectivity index (χ0n) is 13.9. The molecular weight excluding hydrogens is 427 g/mol. The van der Waals surface area contributed by atoms with Gasteiger partial charge in [0.25, 0.3) is 0 Å². The lowest BCUT2D eigenvalue weighted by atomic mass is 10.1. The molecule has 7 heteroatoms. The fourth-order valence-corrected chi connectivity index (χ4v) is 2.14. The minimum atomic E-state index is 0. The number of nitrogens with one attached hydrogen (secondary N) is 3. The molecule has 5 nitrogen and oxygen atoms in total. The van der Waals surface area contributed by atoms with Crippen LogP contribution in [0, 0.1) is 0 Å². The number of hydrogen-bond acceptors (Lipinski definition) is 2. The molecule has 23 heavy (non-hydrogen) atoms. The molecule has 1 aromatic rings. The fourth-order valence-electron chi connectivity index (χ4n) is 1.93. The number of rotatable bonds is 7. The van der Waals surface area contributed by atoms with Crippen LogP contribution in [-0.2, 0) is 11.2 Å². The van der Waals surface area contributed by atoms with Gasteiger partial charge < -0.3 is 16.0 Å². The molecule has 0 bridgehead atoms. The summed E-state index contributed by atoms with van der Waals surface area (Å²) in [6, 6.07) is 7.97. The molecule has 0 fully saturated rings. The summed E-state index contributed by atoms with van der Waals surface area (Å²) < 4.78 is 0. The van der Waals surface area contributed by atoms with Gasteiger partial charge in [-0.05, 0) is 38.0 Å². The Morgan fingerprint density at radius 1 is 1.26 bits per heavy atom. The molecule has 0 aliphatic carbocycles. The van der Waals surface area contributed by atoms with E-state index >= 15 is 0 Å². The maximum atomic E-state index is 11.5. The van der Waals surface area contributed by atoms with Gasteiger partial charge >= 0.3 is 0 Å². The van der Waals surface area contributed by atoms with E-state index < -0.39 is 0 Å². The third kappa shape index (κ3) is 10.4. The Morgan fingerprint density at radius 2 is 1.96 bits per heavy atom. The van der Waals surface area contributed by atoms with Crippen molar-refractivity contribution in [3.05, 3.63) is 34.9 Å². The van der Waals surface area contributed by atoms with Crippen LogP contribution in [0.1, 0.15) is 25.8 Å². The summed E-state index contributed by atoms with van der Waals surface area (Å²) in [5, 5.41) is 9.94. The quantitative estimate of drug-likeness (QED) is 0.338. The van der Waals surface area contributed by atoms with Crippen LogP contribution in [0.25, 0.3) is 0 Å². The molecule has 3 N–H and O–H groups in total. The second-order valence-corrected chi connectivity index (χ2v) is 5.71. The van der Waals surface area contributed by atoms with Crippen molar-refractivity contribution in [2.75, 3.05) is 20.1 Å². The van der Waals surface area contributed by atoms with E-state index in [0.717, 1.165) is 18.0 Å². The van der Waals surface area contributed by atoms with Crippen molar-refractivity contribution in [2.45, 2.75) is 32.7 Å². The van der Waals surface area contributed by atoms with Gasteiger partial charge in [-0.2, -0.15) is 0 Å². The monoisotopic (exact) mass is 452 g/mol. The summed E-state index contributed by atoms with van der Waals surface area (Å²) in [5.74, 6) is 0.733. The largest absolute Gasteiger partial charge is 0.356 e. The molecule has 0 aliphatic heterocycles. The Balaban J connectivity index is 0.00000484. The van der Waals surface area contributed by atoms with Crippen molar-refractivity contribution >= 4 is 47.4 Å². The summed E-state index contributed by atoms with van der Waals surface area (Å²) in [4.78, 5) is 15.7. The van der Waals surface area contributed by atoms with Gasteiger partial charge in [0.05, 0.1) is 0 Å². The average molecular weight is 453 g/mol. The van der Waals surface area contributed by atoms with Crippen molar-refractivity contribution in [3.8, 4) is 0 Å². The van der Waals surface area contributed by atoms with Gasteiger partial charge in [0.2, 0.25) is 5.91 Å². The number of guanidine groups is 1. The Morgan fingerprint density at radius 3 is 2.57 bits per heavy atom. The number of nitrogens with zero attached hydrogens (tertiary/aromatic N) is 1. The highest BCUT2D eigenvalue weighted by Gasteiger charge is 2.04. The molecule has 130 valence electrons. The van der Waals surface area contributed by atoms with E-state index in [0.29, 0.717) is 18.9 Å². The fraction of sp³-hybridized carbons (Fsp3) is 0.500. The molecule has 0 radical (unpaired) electrons. The number of benzene rings is 1. The van der Waals surface area contributed by atoms with Gasteiger partial charge in [-0.1, -0.05) is 23.7 Å². The normalized spacial score (nSPS) is 10.9. The number of halogens is 2. The topological polar surface area (TPSA) is 65.5 Å². The Labute approximate surface area is 160 Å². The highest BCUT2D eigenvalue weighted by atomic mass is 127. The molecule has 0 aromatic heterocycles. The first-order valence-corrected chi connectivity index (χ1v) is 7.87. The van der Waals surface area contributed by atoms with Crippen LogP contribution in [0.4, 0.5) is 0 Å². The minimum absolute atomic E-state index is 0. The highest BCUT2D eigenvalue weighted by Crippen LogP contribution is 2.10. The van der Waals surface area contributed by atoms with Gasteiger partial charge in [0.1, 0.15) is 0 Å². The molecule has 1 amide bonds. The molecule has 1 rings (SSSR count). The van der Waals surface area contributed by atoms with Gasteiger partial charge in [0, 0.05) is 37.6 Å². The van der Waals surface area contributed by atoms with Crippen molar-refractivity contribution in [3.63, 3.8) is 0 Å². The van der Waals surface area contributed by atoms with Crippen LogP contribution >= 0.6 is 35.6 Å². The van der Waals surface area contributed by atoms with Gasteiger partial charge in [-0.15, -0.1) is 24.0 Å². The second kappa shape index (κ2) is 12.4. The van der Waals surface area contributed by atoms with Crippen molar-refractivity contribution in [1.29, 1.82) is 0 Å². The van der Waals surface area contributed by atoms with Crippen LogP contribution in [0.3, 0.4) is 0 Å². The summed E-state index contributed by atoms with van der Waals surface area (Å²) in [6.07, 6.45) is 1.28. The van der Waals surface area contributed by atoms with Crippen molar-refractivity contribution < 1.29 is 4.79 Å². The van der Waals surface area contributed by atoms with Gasteiger partial charge in [0.15, 0.2) is 5.96 Å². The summed E-state index contributed by atoms with van der Waals surface area (Å²) >= 11 is 5.95. The average Bonchev–Trinajstić information content (AvgIpc) is 2.45. The lowest BCUT2D eigenvalue weighted by molar-refractivity contribution is -0.121.